The Labute approximate surface area is 107 Å². The summed E-state index contributed by atoms with van der Waals surface area (Å²) in [6, 6.07) is 0.430. The van der Waals surface area contributed by atoms with Gasteiger partial charge < -0.3 is 16.0 Å². The van der Waals surface area contributed by atoms with Crippen LogP contribution in [0.4, 0.5) is 0 Å². The lowest BCUT2D eigenvalue weighted by Gasteiger charge is -2.29. The lowest BCUT2D eigenvalue weighted by atomic mass is 10.1. The highest BCUT2D eigenvalue weighted by atomic mass is 32.1. The standard InChI is InChI=1S/C12H22N4S/c1-10-12(17-9-15-10)8-14-4-7-16-5-2-11(13)3-6-16/h9,11,14H,2-8,13H2,1H3. The van der Waals surface area contributed by atoms with Crippen LogP contribution in [-0.4, -0.2) is 42.1 Å². The van der Waals surface area contributed by atoms with Crippen molar-refractivity contribution in [2.24, 2.45) is 5.73 Å². The molecule has 2 rings (SSSR count). The van der Waals surface area contributed by atoms with E-state index in [4.69, 9.17) is 5.73 Å². The van der Waals surface area contributed by atoms with Gasteiger partial charge >= 0.3 is 0 Å². The third kappa shape index (κ3) is 4.03. The number of likely N-dealkylation sites (tertiary alicyclic amines) is 1. The van der Waals surface area contributed by atoms with E-state index in [0.717, 1.165) is 51.3 Å². The van der Waals surface area contributed by atoms with E-state index in [9.17, 15) is 0 Å². The second-order valence-electron chi connectivity index (χ2n) is 4.72. The molecule has 0 aromatic carbocycles. The lowest BCUT2D eigenvalue weighted by Crippen LogP contribution is -2.42. The van der Waals surface area contributed by atoms with Gasteiger partial charge in [0.1, 0.15) is 0 Å². The molecule has 96 valence electrons. The van der Waals surface area contributed by atoms with E-state index in [1.807, 2.05) is 5.51 Å². The third-order valence-corrected chi connectivity index (χ3v) is 4.30. The Bertz CT molecular complexity index is 331. The van der Waals surface area contributed by atoms with Crippen molar-refractivity contribution in [1.29, 1.82) is 0 Å². The second-order valence-corrected chi connectivity index (χ2v) is 5.66. The third-order valence-electron chi connectivity index (χ3n) is 3.37. The molecule has 0 bridgehead atoms. The van der Waals surface area contributed by atoms with Crippen molar-refractivity contribution in [1.82, 2.24) is 15.2 Å². The molecule has 1 aliphatic rings. The molecule has 4 nitrogen and oxygen atoms in total. The van der Waals surface area contributed by atoms with Gasteiger partial charge in [-0.3, -0.25) is 0 Å². The summed E-state index contributed by atoms with van der Waals surface area (Å²) in [5, 5.41) is 3.48. The van der Waals surface area contributed by atoms with Gasteiger partial charge in [-0.15, -0.1) is 11.3 Å². The van der Waals surface area contributed by atoms with Crippen molar-refractivity contribution in [2.45, 2.75) is 32.4 Å². The number of rotatable bonds is 5. The average Bonchev–Trinajstić information content (AvgIpc) is 2.73. The van der Waals surface area contributed by atoms with Crippen LogP contribution in [0, 0.1) is 6.92 Å². The normalized spacial score (nSPS) is 18.7. The second kappa shape index (κ2) is 6.44. The summed E-state index contributed by atoms with van der Waals surface area (Å²) in [6.07, 6.45) is 2.29. The first kappa shape index (κ1) is 13.0. The van der Waals surface area contributed by atoms with Gasteiger partial charge in [0.25, 0.3) is 0 Å². The highest BCUT2D eigenvalue weighted by Gasteiger charge is 2.14. The molecule has 3 N–H and O–H groups in total. The van der Waals surface area contributed by atoms with Crippen molar-refractivity contribution < 1.29 is 0 Å². The van der Waals surface area contributed by atoms with Gasteiger partial charge in [-0.05, 0) is 32.9 Å². The Hall–Kier alpha value is -0.490. The highest BCUT2D eigenvalue weighted by molar-refractivity contribution is 7.09. The molecule has 0 unspecified atom stereocenters. The number of thiazole rings is 1. The quantitative estimate of drug-likeness (QED) is 0.769. The fourth-order valence-corrected chi connectivity index (χ4v) is 2.86. The minimum Gasteiger partial charge on any atom is -0.328 e. The molecule has 1 saturated heterocycles. The predicted molar refractivity (Wildman–Crippen MR) is 72.2 cm³/mol. The largest absolute Gasteiger partial charge is 0.328 e. The van der Waals surface area contributed by atoms with E-state index < -0.39 is 0 Å². The van der Waals surface area contributed by atoms with Gasteiger partial charge in [-0.1, -0.05) is 0 Å². The van der Waals surface area contributed by atoms with Crippen molar-refractivity contribution in [3.8, 4) is 0 Å². The molecule has 1 aliphatic heterocycles. The molecular formula is C12H22N4S. The number of piperidine rings is 1. The summed E-state index contributed by atoms with van der Waals surface area (Å²) in [5.74, 6) is 0. The zero-order chi connectivity index (χ0) is 12.1. The summed E-state index contributed by atoms with van der Waals surface area (Å²) >= 11 is 1.73. The maximum Gasteiger partial charge on any atom is 0.0798 e. The van der Waals surface area contributed by atoms with Crippen molar-refractivity contribution in [2.75, 3.05) is 26.2 Å². The summed E-state index contributed by atoms with van der Waals surface area (Å²) in [4.78, 5) is 8.10. The molecule has 1 fully saturated rings. The molecule has 0 atom stereocenters. The molecule has 2 heterocycles. The zero-order valence-corrected chi connectivity index (χ0v) is 11.3. The first-order valence-corrected chi connectivity index (χ1v) is 7.21. The number of hydrogen-bond acceptors (Lipinski definition) is 5. The van der Waals surface area contributed by atoms with Crippen LogP contribution in [0.2, 0.25) is 0 Å². The van der Waals surface area contributed by atoms with Crippen LogP contribution in [0.15, 0.2) is 5.51 Å². The zero-order valence-electron chi connectivity index (χ0n) is 10.5. The summed E-state index contributed by atoms with van der Waals surface area (Å²) in [7, 11) is 0. The molecule has 5 heteroatoms. The Morgan fingerprint density at radius 1 is 1.53 bits per heavy atom. The molecule has 0 saturated carbocycles. The summed E-state index contributed by atoms with van der Waals surface area (Å²) in [6.45, 7) is 7.51. The highest BCUT2D eigenvalue weighted by Crippen LogP contribution is 2.11. The number of nitrogens with zero attached hydrogens (tertiary/aromatic N) is 2. The smallest absolute Gasteiger partial charge is 0.0798 e. The molecule has 17 heavy (non-hydrogen) atoms. The van der Waals surface area contributed by atoms with Crippen LogP contribution >= 0.6 is 11.3 Å². The molecule has 0 spiro atoms. The van der Waals surface area contributed by atoms with E-state index in [0.29, 0.717) is 6.04 Å². The Balaban J connectivity index is 1.59. The fourth-order valence-electron chi connectivity index (χ4n) is 2.11. The number of aromatic nitrogens is 1. The van der Waals surface area contributed by atoms with Crippen LogP contribution in [0.3, 0.4) is 0 Å². The molecule has 0 amide bonds. The first-order chi connectivity index (χ1) is 8.25. The lowest BCUT2D eigenvalue weighted by molar-refractivity contribution is 0.213. The number of nitrogens with two attached hydrogens (primary N) is 1. The van der Waals surface area contributed by atoms with Gasteiger partial charge in [0.2, 0.25) is 0 Å². The predicted octanol–water partition coefficient (Wildman–Crippen LogP) is 0.964. The number of aryl methyl sites for hydroxylation is 1. The van der Waals surface area contributed by atoms with Crippen LogP contribution in [0.1, 0.15) is 23.4 Å². The van der Waals surface area contributed by atoms with Crippen LogP contribution in [0.25, 0.3) is 0 Å². The Morgan fingerprint density at radius 3 is 2.94 bits per heavy atom. The molecule has 0 aliphatic carbocycles. The molecule has 1 aromatic rings. The van der Waals surface area contributed by atoms with Gasteiger partial charge in [0, 0.05) is 30.6 Å². The van der Waals surface area contributed by atoms with Gasteiger partial charge in [0.15, 0.2) is 0 Å². The molecule has 1 aromatic heterocycles. The first-order valence-electron chi connectivity index (χ1n) is 6.33. The van der Waals surface area contributed by atoms with Gasteiger partial charge in [-0.2, -0.15) is 0 Å². The Kier molecular flexibility index (Phi) is 4.91. The van der Waals surface area contributed by atoms with E-state index in [-0.39, 0.29) is 0 Å². The number of nitrogens with one attached hydrogen (secondary N) is 1. The van der Waals surface area contributed by atoms with Crippen molar-refractivity contribution in [3.05, 3.63) is 16.1 Å². The van der Waals surface area contributed by atoms with E-state index in [1.165, 1.54) is 4.88 Å². The fraction of sp³-hybridized carbons (Fsp3) is 0.750. The maximum absolute atomic E-state index is 5.88. The summed E-state index contributed by atoms with van der Waals surface area (Å²) in [5.41, 5.74) is 8.96. The molecule has 0 radical (unpaired) electrons. The number of hydrogen-bond donors (Lipinski definition) is 2. The minimum absolute atomic E-state index is 0.430. The SMILES string of the molecule is Cc1ncsc1CNCCN1CCC(N)CC1. The Morgan fingerprint density at radius 2 is 2.29 bits per heavy atom. The van der Waals surface area contributed by atoms with Crippen molar-refractivity contribution >= 4 is 11.3 Å². The molecular weight excluding hydrogens is 232 g/mol. The van der Waals surface area contributed by atoms with Gasteiger partial charge in [-0.25, -0.2) is 4.98 Å². The van der Waals surface area contributed by atoms with Gasteiger partial charge in [0.05, 0.1) is 11.2 Å². The van der Waals surface area contributed by atoms with E-state index in [2.05, 4.69) is 22.1 Å². The average molecular weight is 254 g/mol. The van der Waals surface area contributed by atoms with Crippen LogP contribution in [0.5, 0.6) is 0 Å². The van der Waals surface area contributed by atoms with E-state index in [1.54, 1.807) is 11.3 Å². The summed E-state index contributed by atoms with van der Waals surface area (Å²) < 4.78 is 0. The topological polar surface area (TPSA) is 54.2 Å². The van der Waals surface area contributed by atoms with Crippen LogP contribution in [-0.2, 0) is 6.54 Å². The minimum atomic E-state index is 0.430. The maximum atomic E-state index is 5.88. The monoisotopic (exact) mass is 254 g/mol. The van der Waals surface area contributed by atoms with E-state index >= 15 is 0 Å². The van der Waals surface area contributed by atoms with Crippen molar-refractivity contribution in [3.63, 3.8) is 0 Å². The van der Waals surface area contributed by atoms with Crippen LogP contribution < -0.4 is 11.1 Å².